The molecule has 5 rings (SSSR count). The van der Waals surface area contributed by atoms with E-state index in [1.807, 2.05) is 6.92 Å². The highest BCUT2D eigenvalue weighted by Crippen LogP contribution is 2.42. The molecule has 35 heavy (non-hydrogen) atoms. The van der Waals surface area contributed by atoms with E-state index in [2.05, 4.69) is 31.1 Å². The molecule has 184 valence electrons. The Balaban J connectivity index is 1.44. The fourth-order valence-corrected chi connectivity index (χ4v) is 6.28. The number of fused-ring (bicyclic) bond motifs is 4. The van der Waals surface area contributed by atoms with E-state index in [1.54, 1.807) is 34.4 Å². The van der Waals surface area contributed by atoms with Gasteiger partial charge in [0.2, 0.25) is 0 Å². The number of hydrogen-bond acceptors (Lipinski definition) is 7. The first kappa shape index (κ1) is 23.7. The summed E-state index contributed by atoms with van der Waals surface area (Å²) in [6, 6.07) is 5.04. The summed E-state index contributed by atoms with van der Waals surface area (Å²) in [5.74, 6) is 0.737. The van der Waals surface area contributed by atoms with Crippen LogP contribution in [0.1, 0.15) is 61.3 Å². The zero-order valence-corrected chi connectivity index (χ0v) is 21.4. The van der Waals surface area contributed by atoms with Gasteiger partial charge in [0.15, 0.2) is 17.2 Å². The molecule has 1 unspecified atom stereocenters. The van der Waals surface area contributed by atoms with Crippen molar-refractivity contribution in [1.29, 1.82) is 0 Å². The lowest BCUT2D eigenvalue weighted by molar-refractivity contribution is -0.121. The normalized spacial score (nSPS) is 17.8. The predicted molar refractivity (Wildman–Crippen MR) is 136 cm³/mol. The second kappa shape index (κ2) is 8.86. The SMILES string of the molecule is CCCN1C(=O)COc2ccc(C(=O)Cn3nnc4sc5c(c4c3=O)CCC(C(C)(C)C)C5)cc21. The third kappa shape index (κ3) is 4.26. The van der Waals surface area contributed by atoms with E-state index in [4.69, 9.17) is 4.74 Å². The van der Waals surface area contributed by atoms with Gasteiger partial charge in [-0.25, -0.2) is 4.68 Å². The zero-order valence-electron chi connectivity index (χ0n) is 20.6. The molecule has 1 amide bonds. The molecule has 1 atom stereocenters. The summed E-state index contributed by atoms with van der Waals surface area (Å²) >= 11 is 1.55. The summed E-state index contributed by atoms with van der Waals surface area (Å²) in [4.78, 5) is 42.3. The first-order valence-corrected chi connectivity index (χ1v) is 13.0. The van der Waals surface area contributed by atoms with E-state index >= 15 is 0 Å². The summed E-state index contributed by atoms with van der Waals surface area (Å²) in [6.07, 6.45) is 3.61. The van der Waals surface area contributed by atoms with Crippen LogP contribution >= 0.6 is 11.3 Å². The number of rotatable bonds is 5. The topological polar surface area (TPSA) is 94.4 Å². The summed E-state index contributed by atoms with van der Waals surface area (Å²) in [7, 11) is 0. The van der Waals surface area contributed by atoms with E-state index < -0.39 is 0 Å². The van der Waals surface area contributed by atoms with E-state index in [9.17, 15) is 14.4 Å². The van der Waals surface area contributed by atoms with Gasteiger partial charge in [0.1, 0.15) is 12.3 Å². The second-order valence-corrected chi connectivity index (χ2v) is 11.6. The molecular weight excluding hydrogens is 464 g/mol. The number of carbonyl (C=O) groups is 2. The minimum Gasteiger partial charge on any atom is -0.482 e. The molecule has 3 heterocycles. The third-order valence-electron chi connectivity index (χ3n) is 7.13. The Morgan fingerprint density at radius 1 is 1.26 bits per heavy atom. The molecule has 2 aromatic heterocycles. The molecule has 0 saturated carbocycles. The largest absolute Gasteiger partial charge is 0.482 e. The number of ether oxygens (including phenoxy) is 1. The summed E-state index contributed by atoms with van der Waals surface area (Å²) in [5.41, 5.74) is 2.01. The van der Waals surface area contributed by atoms with E-state index in [1.165, 1.54) is 9.56 Å². The number of nitrogens with zero attached hydrogens (tertiary/aromatic N) is 4. The van der Waals surface area contributed by atoms with Crippen molar-refractivity contribution in [3.63, 3.8) is 0 Å². The van der Waals surface area contributed by atoms with Crippen LogP contribution in [0.25, 0.3) is 10.2 Å². The van der Waals surface area contributed by atoms with Crippen molar-refractivity contribution in [2.75, 3.05) is 18.1 Å². The van der Waals surface area contributed by atoms with Gasteiger partial charge in [-0.1, -0.05) is 32.9 Å². The Morgan fingerprint density at radius 3 is 2.80 bits per heavy atom. The van der Waals surface area contributed by atoms with Gasteiger partial charge in [0.05, 0.1) is 11.1 Å². The molecule has 2 aliphatic rings. The number of aryl methyl sites for hydroxylation is 1. The van der Waals surface area contributed by atoms with Crippen molar-refractivity contribution in [2.45, 2.75) is 59.9 Å². The van der Waals surface area contributed by atoms with Crippen LogP contribution in [0.3, 0.4) is 0 Å². The van der Waals surface area contributed by atoms with Crippen molar-refractivity contribution < 1.29 is 14.3 Å². The van der Waals surface area contributed by atoms with Crippen molar-refractivity contribution in [1.82, 2.24) is 15.0 Å². The smallest absolute Gasteiger partial charge is 0.279 e. The maximum absolute atomic E-state index is 13.4. The van der Waals surface area contributed by atoms with Crippen LogP contribution in [0, 0.1) is 11.3 Å². The summed E-state index contributed by atoms with van der Waals surface area (Å²) in [6.45, 7) is 9.11. The molecule has 1 aliphatic carbocycles. The molecule has 0 bridgehead atoms. The third-order valence-corrected chi connectivity index (χ3v) is 8.27. The lowest BCUT2D eigenvalue weighted by atomic mass is 9.72. The second-order valence-electron chi connectivity index (χ2n) is 10.5. The van der Waals surface area contributed by atoms with Crippen molar-refractivity contribution in [3.8, 4) is 5.75 Å². The number of carbonyl (C=O) groups excluding carboxylic acids is 2. The van der Waals surface area contributed by atoms with E-state index in [0.717, 1.165) is 31.2 Å². The highest BCUT2D eigenvalue weighted by atomic mass is 32.1. The van der Waals surface area contributed by atoms with Gasteiger partial charge >= 0.3 is 0 Å². The molecule has 0 saturated heterocycles. The van der Waals surface area contributed by atoms with E-state index in [0.29, 0.717) is 39.7 Å². The number of aromatic nitrogens is 3. The molecule has 1 aliphatic heterocycles. The van der Waals surface area contributed by atoms with Crippen LogP contribution in [0.4, 0.5) is 5.69 Å². The van der Waals surface area contributed by atoms with Crippen LogP contribution in [-0.2, 0) is 24.2 Å². The molecule has 9 heteroatoms. The molecule has 0 radical (unpaired) electrons. The van der Waals surface area contributed by atoms with Gasteiger partial charge in [-0.3, -0.25) is 14.4 Å². The Bertz CT molecular complexity index is 1380. The lowest BCUT2D eigenvalue weighted by Gasteiger charge is -2.33. The Kier molecular flexibility index (Phi) is 5.99. The number of anilines is 1. The lowest BCUT2D eigenvalue weighted by Crippen LogP contribution is -2.39. The molecule has 3 aromatic rings. The van der Waals surface area contributed by atoms with Crippen molar-refractivity contribution in [2.24, 2.45) is 11.3 Å². The number of Topliss-reactive ketones (excluding diaryl/α,β-unsaturated/α-hetero) is 1. The quantitative estimate of drug-likeness (QED) is 0.497. The van der Waals surface area contributed by atoms with Gasteiger partial charge in [-0.15, -0.1) is 16.4 Å². The van der Waals surface area contributed by atoms with Crippen LogP contribution in [0.2, 0.25) is 0 Å². The molecule has 0 N–H and O–H groups in total. The zero-order chi connectivity index (χ0) is 24.9. The van der Waals surface area contributed by atoms with Crippen LogP contribution in [0.5, 0.6) is 5.75 Å². The van der Waals surface area contributed by atoms with Crippen LogP contribution in [0.15, 0.2) is 23.0 Å². The average molecular weight is 495 g/mol. The number of ketones is 1. The Labute approximate surface area is 207 Å². The first-order valence-electron chi connectivity index (χ1n) is 12.2. The monoisotopic (exact) mass is 494 g/mol. The maximum Gasteiger partial charge on any atom is 0.279 e. The van der Waals surface area contributed by atoms with E-state index in [-0.39, 0.29) is 35.8 Å². The average Bonchev–Trinajstić information content (AvgIpc) is 3.20. The van der Waals surface area contributed by atoms with Crippen molar-refractivity contribution >= 4 is 38.9 Å². The summed E-state index contributed by atoms with van der Waals surface area (Å²) in [5, 5.41) is 9.00. The van der Waals surface area contributed by atoms with Crippen LogP contribution < -0.4 is 15.2 Å². The number of thiophene rings is 1. The molecular formula is C26H30N4O4S. The fraction of sp³-hybridized carbons (Fsp3) is 0.500. The predicted octanol–water partition coefficient (Wildman–Crippen LogP) is 4.02. The number of benzene rings is 1. The molecule has 8 nitrogen and oxygen atoms in total. The summed E-state index contributed by atoms with van der Waals surface area (Å²) < 4.78 is 6.69. The van der Waals surface area contributed by atoms with Crippen LogP contribution in [-0.4, -0.2) is 39.8 Å². The Morgan fingerprint density at radius 2 is 2.06 bits per heavy atom. The maximum atomic E-state index is 13.4. The number of hydrogen-bond donors (Lipinski definition) is 0. The highest BCUT2D eigenvalue weighted by molar-refractivity contribution is 7.18. The van der Waals surface area contributed by atoms with Gasteiger partial charge in [0, 0.05) is 17.0 Å². The molecule has 1 aromatic carbocycles. The molecule has 0 fully saturated rings. The van der Waals surface area contributed by atoms with Gasteiger partial charge in [-0.2, -0.15) is 0 Å². The number of amides is 1. The standard InChI is InChI=1S/C26H30N4O4S/c1-5-10-29-18-11-15(6-9-20(18)34-14-22(29)32)19(31)13-30-25(33)23-17-8-7-16(26(2,3)4)12-21(17)35-24(23)27-28-30/h6,9,11,16H,5,7-8,10,12-14H2,1-4H3. The first-order chi connectivity index (χ1) is 16.7. The van der Waals surface area contributed by atoms with Crippen molar-refractivity contribution in [3.05, 3.63) is 44.6 Å². The highest BCUT2D eigenvalue weighted by Gasteiger charge is 2.32. The Hall–Kier alpha value is -3.07. The fourth-order valence-electron chi connectivity index (χ4n) is 5.04. The van der Waals surface area contributed by atoms with Gasteiger partial charge in [-0.05, 0) is 60.8 Å². The molecule has 0 spiro atoms. The minimum atomic E-state index is -0.269. The minimum absolute atomic E-state index is 0.00719. The van der Waals surface area contributed by atoms with Gasteiger partial charge in [0.25, 0.3) is 11.5 Å². The van der Waals surface area contributed by atoms with Gasteiger partial charge < -0.3 is 9.64 Å².